The number of amides is 1. The van der Waals surface area contributed by atoms with Crippen LogP contribution in [-0.4, -0.2) is 19.0 Å². The van der Waals surface area contributed by atoms with Crippen molar-refractivity contribution in [2.75, 3.05) is 17.7 Å². The minimum absolute atomic E-state index is 0.225. The number of nitrogen functional groups attached to an aromatic ring is 1. The summed E-state index contributed by atoms with van der Waals surface area (Å²) in [5.41, 5.74) is 8.04. The fraction of sp³-hybridized carbons (Fsp3) is 0.0526. The highest BCUT2D eigenvalue weighted by molar-refractivity contribution is 7.14. The van der Waals surface area contributed by atoms with Gasteiger partial charge in [0.25, 0.3) is 5.91 Å². The van der Waals surface area contributed by atoms with Gasteiger partial charge in [-0.25, -0.2) is 4.79 Å². The summed E-state index contributed by atoms with van der Waals surface area (Å²) in [6.07, 6.45) is 0. The van der Waals surface area contributed by atoms with Gasteiger partial charge in [-0.05, 0) is 53.9 Å². The Balaban J connectivity index is 2.01. The first-order valence-electron chi connectivity index (χ1n) is 7.52. The molecule has 1 heterocycles. The number of methoxy groups -OCH3 is 1. The van der Waals surface area contributed by atoms with Gasteiger partial charge in [0.15, 0.2) is 0 Å². The van der Waals surface area contributed by atoms with Crippen LogP contribution in [0.15, 0.2) is 66.0 Å². The Labute approximate surface area is 149 Å². The van der Waals surface area contributed by atoms with Crippen LogP contribution in [0.2, 0.25) is 0 Å². The number of rotatable bonds is 4. The molecule has 0 saturated carbocycles. The molecule has 0 aliphatic rings. The summed E-state index contributed by atoms with van der Waals surface area (Å²) in [5, 5.41) is 2.66. The molecule has 126 valence electrons. The smallest absolute Gasteiger partial charge is 0.337 e. The van der Waals surface area contributed by atoms with Gasteiger partial charge < -0.3 is 10.5 Å². The molecule has 6 heteroatoms. The Morgan fingerprint density at radius 1 is 0.960 bits per heavy atom. The van der Waals surface area contributed by atoms with Crippen molar-refractivity contribution >= 4 is 39.6 Å². The Bertz CT molecular complexity index is 889. The third-order valence-corrected chi connectivity index (χ3v) is 4.51. The van der Waals surface area contributed by atoms with Crippen molar-refractivity contribution in [3.8, 4) is 0 Å². The summed E-state index contributed by atoms with van der Waals surface area (Å²) < 4.78 is 4.68. The molecule has 0 unspecified atom stereocenters. The molecule has 2 N–H and O–H groups in total. The Kier molecular flexibility index (Phi) is 4.81. The van der Waals surface area contributed by atoms with Gasteiger partial charge in [0, 0.05) is 5.56 Å². The summed E-state index contributed by atoms with van der Waals surface area (Å²) >= 11 is 1.44. The summed E-state index contributed by atoms with van der Waals surface area (Å²) in [7, 11) is 1.32. The highest BCUT2D eigenvalue weighted by Gasteiger charge is 2.22. The minimum Gasteiger partial charge on any atom is -0.465 e. The predicted octanol–water partition coefficient (Wildman–Crippen LogP) is 4.10. The lowest BCUT2D eigenvalue weighted by atomic mass is 10.1. The number of para-hydroxylation sites is 2. The second-order valence-corrected chi connectivity index (χ2v) is 6.15. The van der Waals surface area contributed by atoms with Crippen molar-refractivity contribution in [3.05, 3.63) is 77.2 Å². The monoisotopic (exact) mass is 352 g/mol. The predicted molar refractivity (Wildman–Crippen MR) is 99.4 cm³/mol. The van der Waals surface area contributed by atoms with Crippen LogP contribution in [0.5, 0.6) is 0 Å². The van der Waals surface area contributed by atoms with E-state index in [4.69, 9.17) is 5.73 Å². The van der Waals surface area contributed by atoms with Crippen molar-refractivity contribution in [2.24, 2.45) is 0 Å². The van der Waals surface area contributed by atoms with Crippen LogP contribution in [0.1, 0.15) is 20.7 Å². The maximum atomic E-state index is 13.1. The maximum Gasteiger partial charge on any atom is 0.337 e. The summed E-state index contributed by atoms with van der Waals surface area (Å²) in [6, 6.07) is 17.3. The molecule has 3 aromatic rings. The number of carbonyl (C=O) groups excluding carboxylic acids is 2. The SMILES string of the molecule is COC(=O)c1ccc(C(=O)N(c2cccs2)c2ccccc2N)cc1. The number of esters is 1. The number of hydrogen-bond acceptors (Lipinski definition) is 5. The number of ether oxygens (including phenoxy) is 1. The lowest BCUT2D eigenvalue weighted by Crippen LogP contribution is -2.26. The first-order chi connectivity index (χ1) is 12.1. The number of nitrogens with two attached hydrogens (primary N) is 1. The molecule has 0 radical (unpaired) electrons. The average Bonchev–Trinajstić information content (AvgIpc) is 3.17. The number of carbonyl (C=O) groups is 2. The number of anilines is 3. The van der Waals surface area contributed by atoms with Crippen LogP contribution < -0.4 is 10.6 Å². The van der Waals surface area contributed by atoms with E-state index < -0.39 is 5.97 Å². The number of nitrogens with zero attached hydrogens (tertiary/aromatic N) is 1. The van der Waals surface area contributed by atoms with Crippen LogP contribution in [0.4, 0.5) is 16.4 Å². The van der Waals surface area contributed by atoms with Gasteiger partial charge in [-0.1, -0.05) is 12.1 Å². The second-order valence-electron chi connectivity index (χ2n) is 5.22. The van der Waals surface area contributed by atoms with Gasteiger partial charge in [-0.15, -0.1) is 11.3 Å². The van der Waals surface area contributed by atoms with Gasteiger partial charge in [0.05, 0.1) is 24.0 Å². The molecule has 0 fully saturated rings. The first-order valence-corrected chi connectivity index (χ1v) is 8.40. The van der Waals surface area contributed by atoms with E-state index in [0.717, 1.165) is 5.00 Å². The fourth-order valence-electron chi connectivity index (χ4n) is 2.41. The first kappa shape index (κ1) is 16.7. The second kappa shape index (κ2) is 7.19. The Morgan fingerprint density at radius 2 is 1.64 bits per heavy atom. The van der Waals surface area contributed by atoms with Crippen LogP contribution in [-0.2, 0) is 4.74 Å². The van der Waals surface area contributed by atoms with Crippen molar-refractivity contribution in [3.63, 3.8) is 0 Å². The summed E-state index contributed by atoms with van der Waals surface area (Å²) in [6.45, 7) is 0. The van der Waals surface area contributed by atoms with Gasteiger partial charge in [-0.2, -0.15) is 0 Å². The van der Waals surface area contributed by atoms with Gasteiger partial charge >= 0.3 is 5.97 Å². The standard InChI is InChI=1S/C19H16N2O3S/c1-24-19(23)14-10-8-13(9-11-14)18(22)21(17-7-4-12-25-17)16-6-3-2-5-15(16)20/h2-12H,20H2,1H3. The maximum absolute atomic E-state index is 13.1. The van der Waals surface area contributed by atoms with Gasteiger partial charge in [-0.3, -0.25) is 9.69 Å². The van der Waals surface area contributed by atoms with Crippen molar-refractivity contribution in [2.45, 2.75) is 0 Å². The summed E-state index contributed by atoms with van der Waals surface area (Å²) in [4.78, 5) is 26.2. The van der Waals surface area contributed by atoms with Crippen LogP contribution in [0, 0.1) is 0 Å². The van der Waals surface area contributed by atoms with Gasteiger partial charge in [0.1, 0.15) is 5.00 Å². The summed E-state index contributed by atoms with van der Waals surface area (Å²) in [5.74, 6) is -0.668. The quantitative estimate of drug-likeness (QED) is 0.567. The lowest BCUT2D eigenvalue weighted by molar-refractivity contribution is 0.0600. The van der Waals surface area contributed by atoms with E-state index in [1.165, 1.54) is 18.4 Å². The van der Waals surface area contributed by atoms with Crippen LogP contribution >= 0.6 is 11.3 Å². The lowest BCUT2D eigenvalue weighted by Gasteiger charge is -2.22. The molecule has 2 aromatic carbocycles. The van der Waals surface area contributed by atoms with E-state index in [-0.39, 0.29) is 5.91 Å². The number of thiophene rings is 1. The molecule has 1 amide bonds. The van der Waals surface area contributed by atoms with E-state index in [9.17, 15) is 9.59 Å². The third-order valence-electron chi connectivity index (χ3n) is 3.66. The molecule has 0 saturated heterocycles. The molecule has 0 aliphatic carbocycles. The molecule has 0 spiro atoms. The molecule has 3 rings (SSSR count). The van der Waals surface area contributed by atoms with Crippen molar-refractivity contribution in [1.29, 1.82) is 0 Å². The largest absolute Gasteiger partial charge is 0.465 e. The fourth-order valence-corrected chi connectivity index (χ4v) is 3.15. The zero-order chi connectivity index (χ0) is 17.8. The minimum atomic E-state index is -0.443. The zero-order valence-electron chi connectivity index (χ0n) is 13.5. The van der Waals surface area contributed by atoms with Crippen LogP contribution in [0.3, 0.4) is 0 Å². The van der Waals surface area contributed by atoms with Crippen molar-refractivity contribution in [1.82, 2.24) is 0 Å². The average molecular weight is 352 g/mol. The molecular formula is C19H16N2O3S. The van der Waals surface area contributed by atoms with E-state index in [1.54, 1.807) is 41.3 Å². The molecule has 0 bridgehead atoms. The number of hydrogen-bond donors (Lipinski definition) is 1. The molecule has 25 heavy (non-hydrogen) atoms. The van der Waals surface area contributed by atoms with E-state index in [2.05, 4.69) is 4.74 Å². The third kappa shape index (κ3) is 3.39. The normalized spacial score (nSPS) is 10.3. The van der Waals surface area contributed by atoms with E-state index >= 15 is 0 Å². The van der Waals surface area contributed by atoms with Crippen molar-refractivity contribution < 1.29 is 14.3 Å². The molecule has 0 aliphatic heterocycles. The van der Waals surface area contributed by atoms with Gasteiger partial charge in [0.2, 0.25) is 0 Å². The Morgan fingerprint density at radius 3 is 2.24 bits per heavy atom. The number of benzene rings is 2. The Hall–Kier alpha value is -3.12. The highest BCUT2D eigenvalue weighted by atomic mass is 32.1. The molecule has 0 atom stereocenters. The van der Waals surface area contributed by atoms with E-state index in [0.29, 0.717) is 22.5 Å². The molecular weight excluding hydrogens is 336 g/mol. The highest BCUT2D eigenvalue weighted by Crippen LogP contribution is 2.34. The van der Waals surface area contributed by atoms with Crippen LogP contribution in [0.25, 0.3) is 0 Å². The zero-order valence-corrected chi connectivity index (χ0v) is 14.3. The molecule has 5 nitrogen and oxygen atoms in total. The van der Waals surface area contributed by atoms with E-state index in [1.807, 2.05) is 29.6 Å². The molecule has 1 aromatic heterocycles. The topological polar surface area (TPSA) is 72.6 Å².